The molecule has 0 bridgehead atoms. The minimum absolute atomic E-state index is 0.470. The predicted molar refractivity (Wildman–Crippen MR) is 73.8 cm³/mol. The quantitative estimate of drug-likeness (QED) is 0.790. The van der Waals surface area contributed by atoms with Crippen molar-refractivity contribution in [3.8, 4) is 0 Å². The summed E-state index contributed by atoms with van der Waals surface area (Å²) in [4.78, 5) is 0. The minimum atomic E-state index is 0.470. The summed E-state index contributed by atoms with van der Waals surface area (Å²) in [5.74, 6) is 0.470. The predicted octanol–water partition coefficient (Wildman–Crippen LogP) is 3.20. The molecule has 0 saturated heterocycles. The molecule has 0 aliphatic rings. The Morgan fingerprint density at radius 3 is 2.29 bits per heavy atom. The van der Waals surface area contributed by atoms with E-state index in [0.717, 1.165) is 17.8 Å². The highest BCUT2D eigenvalue weighted by Gasteiger charge is 2.06. The van der Waals surface area contributed by atoms with Gasteiger partial charge < -0.3 is 11.5 Å². The first-order valence-electron chi connectivity index (χ1n) is 5.85. The van der Waals surface area contributed by atoms with E-state index in [1.807, 2.05) is 30.3 Å². The van der Waals surface area contributed by atoms with Crippen LogP contribution in [0, 0.1) is 0 Å². The number of nitrogen functional groups attached to an aromatic ring is 2. The largest absolute Gasteiger partial charge is 0.399 e. The monoisotopic (exact) mass is 226 g/mol. The van der Waals surface area contributed by atoms with Crippen molar-refractivity contribution in [1.29, 1.82) is 0 Å². The molecular weight excluding hydrogens is 208 g/mol. The molecule has 0 aliphatic heterocycles. The third-order valence-corrected chi connectivity index (χ3v) is 3.00. The van der Waals surface area contributed by atoms with Crippen LogP contribution in [0.3, 0.4) is 0 Å². The van der Waals surface area contributed by atoms with E-state index < -0.39 is 0 Å². The van der Waals surface area contributed by atoms with Gasteiger partial charge in [-0.15, -0.1) is 0 Å². The number of hydrogen-bond acceptors (Lipinski definition) is 2. The Hall–Kier alpha value is -1.96. The number of hydrogen-bond donors (Lipinski definition) is 2. The highest BCUT2D eigenvalue weighted by atomic mass is 14.5. The van der Waals surface area contributed by atoms with Crippen molar-refractivity contribution in [2.75, 3.05) is 11.5 Å². The van der Waals surface area contributed by atoms with E-state index in [0.29, 0.717) is 5.92 Å². The zero-order valence-corrected chi connectivity index (χ0v) is 10.1. The lowest BCUT2D eigenvalue weighted by Gasteiger charge is -2.12. The molecule has 0 spiro atoms. The number of rotatable bonds is 3. The van der Waals surface area contributed by atoms with Gasteiger partial charge in [0.2, 0.25) is 0 Å². The maximum Gasteiger partial charge on any atom is 0.0316 e. The second-order valence-corrected chi connectivity index (χ2v) is 4.52. The van der Waals surface area contributed by atoms with Gasteiger partial charge in [0.15, 0.2) is 0 Å². The van der Waals surface area contributed by atoms with Crippen LogP contribution in [0.5, 0.6) is 0 Å². The fraction of sp³-hybridized carbons (Fsp3) is 0.200. The van der Waals surface area contributed by atoms with E-state index in [-0.39, 0.29) is 0 Å². The molecular formula is C15H18N2. The Bertz CT molecular complexity index is 489. The molecule has 17 heavy (non-hydrogen) atoms. The van der Waals surface area contributed by atoms with Gasteiger partial charge in [-0.05, 0) is 47.7 Å². The molecule has 0 aromatic heterocycles. The van der Waals surface area contributed by atoms with Gasteiger partial charge in [-0.2, -0.15) is 0 Å². The Morgan fingerprint density at radius 2 is 1.65 bits per heavy atom. The van der Waals surface area contributed by atoms with Gasteiger partial charge >= 0.3 is 0 Å². The zero-order valence-electron chi connectivity index (χ0n) is 10.1. The molecule has 0 saturated carbocycles. The maximum absolute atomic E-state index is 5.78. The van der Waals surface area contributed by atoms with Crippen LogP contribution in [0.2, 0.25) is 0 Å². The zero-order chi connectivity index (χ0) is 12.3. The summed E-state index contributed by atoms with van der Waals surface area (Å²) in [5, 5.41) is 0. The third kappa shape index (κ3) is 3.00. The number of anilines is 2. The Morgan fingerprint density at radius 1 is 0.941 bits per heavy atom. The molecule has 4 N–H and O–H groups in total. The molecule has 0 heterocycles. The summed E-state index contributed by atoms with van der Waals surface area (Å²) in [5.41, 5.74) is 15.7. The van der Waals surface area contributed by atoms with Gasteiger partial charge in [-0.25, -0.2) is 0 Å². The average molecular weight is 226 g/mol. The molecule has 0 amide bonds. The summed E-state index contributed by atoms with van der Waals surface area (Å²) in [7, 11) is 0. The molecule has 1 unspecified atom stereocenters. The van der Waals surface area contributed by atoms with Gasteiger partial charge in [0.1, 0.15) is 0 Å². The van der Waals surface area contributed by atoms with Gasteiger partial charge in [0.25, 0.3) is 0 Å². The van der Waals surface area contributed by atoms with Crippen LogP contribution in [0.25, 0.3) is 0 Å². The topological polar surface area (TPSA) is 52.0 Å². The molecule has 2 aromatic rings. The SMILES string of the molecule is CC(Cc1cccc(N)c1)c1ccc(N)cc1. The third-order valence-electron chi connectivity index (χ3n) is 3.00. The summed E-state index contributed by atoms with van der Waals surface area (Å²) in [6.45, 7) is 2.22. The fourth-order valence-electron chi connectivity index (χ4n) is 2.02. The van der Waals surface area contributed by atoms with Crippen molar-refractivity contribution in [2.45, 2.75) is 19.3 Å². The van der Waals surface area contributed by atoms with Gasteiger partial charge in [0, 0.05) is 11.4 Å². The lowest BCUT2D eigenvalue weighted by atomic mass is 9.93. The molecule has 2 heteroatoms. The highest BCUT2D eigenvalue weighted by molar-refractivity contribution is 5.42. The van der Waals surface area contributed by atoms with E-state index in [1.54, 1.807) is 0 Å². The van der Waals surface area contributed by atoms with Crippen LogP contribution in [-0.2, 0) is 6.42 Å². The molecule has 2 aromatic carbocycles. The summed E-state index contributed by atoms with van der Waals surface area (Å²) in [6, 6.07) is 16.1. The van der Waals surface area contributed by atoms with Crippen molar-refractivity contribution in [1.82, 2.24) is 0 Å². The van der Waals surface area contributed by atoms with Crippen molar-refractivity contribution in [3.63, 3.8) is 0 Å². The molecule has 0 radical (unpaired) electrons. The van der Waals surface area contributed by atoms with Crippen LogP contribution >= 0.6 is 0 Å². The first-order chi connectivity index (χ1) is 8.15. The Labute approximate surface area is 102 Å². The normalized spacial score (nSPS) is 12.3. The van der Waals surface area contributed by atoms with E-state index in [1.165, 1.54) is 11.1 Å². The first kappa shape index (κ1) is 11.5. The number of nitrogens with two attached hydrogens (primary N) is 2. The highest BCUT2D eigenvalue weighted by Crippen LogP contribution is 2.22. The van der Waals surface area contributed by atoms with E-state index >= 15 is 0 Å². The van der Waals surface area contributed by atoms with E-state index in [4.69, 9.17) is 11.5 Å². The van der Waals surface area contributed by atoms with E-state index in [9.17, 15) is 0 Å². The number of benzene rings is 2. The van der Waals surface area contributed by atoms with Crippen LogP contribution in [-0.4, -0.2) is 0 Å². The smallest absolute Gasteiger partial charge is 0.0316 e. The van der Waals surface area contributed by atoms with Crippen LogP contribution < -0.4 is 11.5 Å². The fourth-order valence-corrected chi connectivity index (χ4v) is 2.02. The van der Waals surface area contributed by atoms with Crippen LogP contribution in [0.15, 0.2) is 48.5 Å². The molecule has 1 atom stereocenters. The van der Waals surface area contributed by atoms with E-state index in [2.05, 4.69) is 25.1 Å². The van der Waals surface area contributed by atoms with Crippen molar-refractivity contribution in [2.24, 2.45) is 0 Å². The first-order valence-corrected chi connectivity index (χ1v) is 5.85. The molecule has 0 aliphatic carbocycles. The van der Waals surface area contributed by atoms with Crippen LogP contribution in [0.1, 0.15) is 24.0 Å². The average Bonchev–Trinajstić information content (AvgIpc) is 2.29. The van der Waals surface area contributed by atoms with Gasteiger partial charge in [-0.3, -0.25) is 0 Å². The molecule has 88 valence electrons. The summed E-state index contributed by atoms with van der Waals surface area (Å²) >= 11 is 0. The van der Waals surface area contributed by atoms with Gasteiger partial charge in [0.05, 0.1) is 0 Å². The van der Waals surface area contributed by atoms with Crippen molar-refractivity contribution >= 4 is 11.4 Å². The summed E-state index contributed by atoms with van der Waals surface area (Å²) < 4.78 is 0. The lowest BCUT2D eigenvalue weighted by Crippen LogP contribution is -1.99. The Balaban J connectivity index is 2.11. The minimum Gasteiger partial charge on any atom is -0.399 e. The molecule has 2 nitrogen and oxygen atoms in total. The summed E-state index contributed by atoms with van der Waals surface area (Å²) in [6.07, 6.45) is 0.995. The van der Waals surface area contributed by atoms with Crippen molar-refractivity contribution < 1.29 is 0 Å². The second-order valence-electron chi connectivity index (χ2n) is 4.52. The lowest BCUT2D eigenvalue weighted by molar-refractivity contribution is 0.760. The van der Waals surface area contributed by atoms with Crippen molar-refractivity contribution in [3.05, 3.63) is 59.7 Å². The standard InChI is InChI=1S/C15H18N2/c1-11(13-5-7-14(16)8-6-13)9-12-3-2-4-15(17)10-12/h2-8,10-11H,9,16-17H2,1H3. The van der Waals surface area contributed by atoms with Crippen LogP contribution in [0.4, 0.5) is 11.4 Å². The Kier molecular flexibility index (Phi) is 3.33. The van der Waals surface area contributed by atoms with Gasteiger partial charge in [-0.1, -0.05) is 31.2 Å². The molecule has 0 fully saturated rings. The molecule has 2 rings (SSSR count). The second kappa shape index (κ2) is 4.91. The maximum atomic E-state index is 5.78.